The third-order valence-electron chi connectivity index (χ3n) is 3.33. The number of nitro benzene ring substituents is 2. The van der Waals surface area contributed by atoms with Gasteiger partial charge in [-0.05, 0) is 35.7 Å². The average Bonchev–Trinajstić information content (AvgIpc) is 3.14. The van der Waals surface area contributed by atoms with Gasteiger partial charge in [-0.1, -0.05) is 23.5 Å². The van der Waals surface area contributed by atoms with E-state index in [1.54, 1.807) is 0 Å². The number of rotatable bonds is 6. The number of non-ortho nitro benzene ring substituents is 2. The van der Waals surface area contributed by atoms with E-state index in [0.29, 0.717) is 0 Å². The Morgan fingerprint density at radius 3 is 1.59 bits per heavy atom. The second kappa shape index (κ2) is 8.89. The Kier molecular flexibility index (Phi) is 6.31. The summed E-state index contributed by atoms with van der Waals surface area (Å²) in [6.07, 6.45) is 0. The summed E-state index contributed by atoms with van der Waals surface area (Å²) < 4.78 is 0.520. The molecule has 0 saturated carbocycles. The largest absolute Gasteiger partial charge is 0.281 e. The first-order valence-electron chi connectivity index (χ1n) is 7.60. The maximum Gasteiger partial charge on any atom is 0.270 e. The van der Waals surface area contributed by atoms with Gasteiger partial charge in [0.1, 0.15) is 0 Å². The summed E-state index contributed by atoms with van der Waals surface area (Å²) in [4.78, 5) is 45.0. The third-order valence-corrected chi connectivity index (χ3v) is 6.20. The fourth-order valence-electron chi connectivity index (χ4n) is 2.05. The van der Waals surface area contributed by atoms with Crippen LogP contribution < -0.4 is 0 Å². The molecule has 0 N–H and O–H groups in total. The molecule has 0 saturated heterocycles. The molecule has 0 fully saturated rings. The van der Waals surface area contributed by atoms with Gasteiger partial charge in [-0.3, -0.25) is 29.8 Å². The van der Waals surface area contributed by atoms with Crippen LogP contribution >= 0.6 is 34.9 Å². The van der Waals surface area contributed by atoms with Gasteiger partial charge >= 0.3 is 0 Å². The quantitative estimate of drug-likeness (QED) is 0.305. The lowest BCUT2D eigenvalue weighted by atomic mass is 10.2. The molecular formula is C16H8N4O6S3. The monoisotopic (exact) mass is 448 g/mol. The minimum Gasteiger partial charge on any atom is -0.281 e. The SMILES string of the molecule is O=C(Sc1nnc(SC(=O)c2cccc([N+](=O)[O-])c2)s1)c1cccc([N+](=O)[O-])c1. The number of hydrogen-bond donors (Lipinski definition) is 0. The van der Waals surface area contributed by atoms with Gasteiger partial charge in [-0.2, -0.15) is 0 Å². The Labute approximate surface area is 174 Å². The topological polar surface area (TPSA) is 146 Å². The van der Waals surface area contributed by atoms with E-state index in [9.17, 15) is 29.8 Å². The Hall–Kier alpha value is -3.16. The van der Waals surface area contributed by atoms with E-state index in [1.807, 2.05) is 0 Å². The molecule has 1 heterocycles. The molecule has 3 rings (SSSR count). The van der Waals surface area contributed by atoms with Crippen LogP contribution in [0.25, 0.3) is 0 Å². The van der Waals surface area contributed by atoms with Crippen molar-refractivity contribution in [3.8, 4) is 0 Å². The highest BCUT2D eigenvalue weighted by atomic mass is 32.2. The van der Waals surface area contributed by atoms with Crippen molar-refractivity contribution >= 4 is 56.5 Å². The number of hydrogen-bond acceptors (Lipinski definition) is 11. The predicted molar refractivity (Wildman–Crippen MR) is 106 cm³/mol. The van der Waals surface area contributed by atoms with E-state index >= 15 is 0 Å². The average molecular weight is 448 g/mol. The molecule has 29 heavy (non-hydrogen) atoms. The summed E-state index contributed by atoms with van der Waals surface area (Å²) in [5.74, 6) is 0. The maximum absolute atomic E-state index is 12.3. The molecule has 0 radical (unpaired) electrons. The van der Waals surface area contributed by atoms with Crippen LogP contribution in [0, 0.1) is 20.2 Å². The summed E-state index contributed by atoms with van der Waals surface area (Å²) in [7, 11) is 0. The molecular weight excluding hydrogens is 440 g/mol. The van der Waals surface area contributed by atoms with Crippen LogP contribution in [0.1, 0.15) is 20.7 Å². The molecule has 0 atom stereocenters. The normalized spacial score (nSPS) is 10.5. The zero-order valence-corrected chi connectivity index (χ0v) is 16.5. The van der Waals surface area contributed by atoms with Crippen LogP contribution in [0.4, 0.5) is 11.4 Å². The lowest BCUT2D eigenvalue weighted by Gasteiger charge is -1.98. The van der Waals surface area contributed by atoms with Crippen LogP contribution in [0.2, 0.25) is 0 Å². The lowest BCUT2D eigenvalue weighted by molar-refractivity contribution is -0.385. The number of benzene rings is 2. The zero-order chi connectivity index (χ0) is 21.0. The van der Waals surface area contributed by atoms with Crippen LogP contribution in [0.3, 0.4) is 0 Å². The summed E-state index contributed by atoms with van der Waals surface area (Å²) >= 11 is 2.47. The van der Waals surface area contributed by atoms with Gasteiger partial charge in [-0.15, -0.1) is 10.2 Å². The second-order valence-corrected chi connectivity index (χ2v) is 8.65. The summed E-state index contributed by atoms with van der Waals surface area (Å²) in [6.45, 7) is 0. The van der Waals surface area contributed by atoms with Gasteiger partial charge in [0.25, 0.3) is 11.4 Å². The van der Waals surface area contributed by atoms with Gasteiger partial charge in [-0.25, -0.2) is 0 Å². The van der Waals surface area contributed by atoms with Gasteiger partial charge in [0.05, 0.1) is 9.85 Å². The molecule has 0 amide bonds. The maximum atomic E-state index is 12.3. The predicted octanol–water partition coefficient (Wildman–Crippen LogP) is 4.22. The number of nitro groups is 2. The minimum absolute atomic E-state index is 0.140. The molecule has 0 bridgehead atoms. The van der Waals surface area contributed by atoms with Gasteiger partial charge in [0.15, 0.2) is 8.68 Å². The zero-order valence-electron chi connectivity index (χ0n) is 14.1. The van der Waals surface area contributed by atoms with E-state index in [-0.39, 0.29) is 31.2 Å². The van der Waals surface area contributed by atoms with Gasteiger partial charge in [0.2, 0.25) is 10.2 Å². The Balaban J connectivity index is 1.68. The standard InChI is InChI=1S/C16H8N4O6S3/c21-13(9-3-1-5-11(7-9)19(23)24)27-15-17-18-16(29-15)28-14(22)10-4-2-6-12(8-10)20(25)26/h1-8H. The molecule has 3 aromatic rings. The highest BCUT2D eigenvalue weighted by molar-refractivity contribution is 8.17. The molecule has 0 unspecified atom stereocenters. The molecule has 0 aliphatic heterocycles. The smallest absolute Gasteiger partial charge is 0.270 e. The first-order valence-corrected chi connectivity index (χ1v) is 10.0. The molecule has 0 aliphatic rings. The fourth-order valence-corrected chi connectivity index (χ4v) is 4.75. The van der Waals surface area contributed by atoms with E-state index in [2.05, 4.69) is 10.2 Å². The first kappa shape index (κ1) is 20.6. The number of carbonyl (C=O) groups excluding carboxylic acids is 2. The molecule has 0 aliphatic carbocycles. The summed E-state index contributed by atoms with van der Waals surface area (Å²) in [5.41, 5.74) is -0.123. The van der Waals surface area contributed by atoms with Crippen molar-refractivity contribution in [2.45, 2.75) is 8.68 Å². The minimum atomic E-state index is -0.597. The molecule has 146 valence electrons. The molecule has 13 heteroatoms. The Bertz CT molecular complexity index is 1050. The van der Waals surface area contributed by atoms with Crippen molar-refractivity contribution in [1.29, 1.82) is 0 Å². The van der Waals surface area contributed by atoms with Crippen LogP contribution in [-0.2, 0) is 0 Å². The van der Waals surface area contributed by atoms with E-state index in [1.165, 1.54) is 36.4 Å². The molecule has 1 aromatic heterocycles. The van der Waals surface area contributed by atoms with Crippen molar-refractivity contribution in [2.24, 2.45) is 0 Å². The second-order valence-electron chi connectivity index (χ2n) is 5.23. The summed E-state index contributed by atoms with van der Waals surface area (Å²) in [6, 6.07) is 10.6. The summed E-state index contributed by atoms with van der Waals surface area (Å²) in [5, 5.41) is 28.4. The first-order chi connectivity index (χ1) is 13.8. The van der Waals surface area contributed by atoms with E-state index < -0.39 is 20.1 Å². The van der Waals surface area contributed by atoms with Crippen molar-refractivity contribution in [2.75, 3.05) is 0 Å². The Morgan fingerprint density at radius 2 is 1.21 bits per heavy atom. The van der Waals surface area contributed by atoms with Crippen LogP contribution in [0.15, 0.2) is 57.2 Å². The lowest BCUT2D eigenvalue weighted by Crippen LogP contribution is -1.95. The number of nitrogens with zero attached hydrogens (tertiary/aromatic N) is 4. The Morgan fingerprint density at radius 1 is 0.793 bits per heavy atom. The van der Waals surface area contributed by atoms with Crippen molar-refractivity contribution in [3.63, 3.8) is 0 Å². The van der Waals surface area contributed by atoms with Gasteiger partial charge in [0, 0.05) is 35.4 Å². The van der Waals surface area contributed by atoms with Gasteiger partial charge < -0.3 is 0 Å². The van der Waals surface area contributed by atoms with E-state index in [4.69, 9.17) is 0 Å². The number of carbonyl (C=O) groups is 2. The highest BCUT2D eigenvalue weighted by Gasteiger charge is 2.18. The van der Waals surface area contributed by atoms with Crippen molar-refractivity contribution < 1.29 is 19.4 Å². The highest BCUT2D eigenvalue weighted by Crippen LogP contribution is 2.33. The fraction of sp³-hybridized carbons (Fsp3) is 0. The number of thioether (sulfide) groups is 2. The molecule has 10 nitrogen and oxygen atoms in total. The third kappa shape index (κ3) is 5.22. The van der Waals surface area contributed by atoms with Crippen molar-refractivity contribution in [1.82, 2.24) is 10.2 Å². The van der Waals surface area contributed by atoms with E-state index in [0.717, 1.165) is 47.0 Å². The van der Waals surface area contributed by atoms with Crippen molar-refractivity contribution in [3.05, 3.63) is 79.9 Å². The number of aromatic nitrogens is 2. The molecule has 2 aromatic carbocycles. The van der Waals surface area contributed by atoms with Crippen LogP contribution in [0.5, 0.6) is 0 Å². The van der Waals surface area contributed by atoms with Crippen LogP contribution in [-0.4, -0.2) is 30.3 Å². The molecule has 0 spiro atoms.